The zero-order chi connectivity index (χ0) is 14.2. The molecule has 0 unspecified atom stereocenters. The molecule has 1 aliphatic heterocycles. The van der Waals surface area contributed by atoms with Gasteiger partial charge in [-0.05, 0) is 30.5 Å². The van der Waals surface area contributed by atoms with E-state index in [0.717, 1.165) is 48.1 Å². The Morgan fingerprint density at radius 2 is 2.29 bits per heavy atom. The second-order valence-electron chi connectivity index (χ2n) is 5.84. The third kappa shape index (κ3) is 2.92. The lowest BCUT2D eigenvalue weighted by molar-refractivity contribution is 0.352. The van der Waals surface area contributed by atoms with Crippen molar-refractivity contribution in [2.24, 2.45) is 0 Å². The van der Waals surface area contributed by atoms with Crippen molar-refractivity contribution in [3.63, 3.8) is 0 Å². The van der Waals surface area contributed by atoms with E-state index in [4.69, 9.17) is 16.3 Å². The Labute approximate surface area is 129 Å². The smallest absolute Gasteiger partial charge is 0.127 e. The van der Waals surface area contributed by atoms with Crippen LogP contribution in [0.1, 0.15) is 29.7 Å². The molecule has 4 nitrogen and oxygen atoms in total. The van der Waals surface area contributed by atoms with Crippen molar-refractivity contribution in [1.82, 2.24) is 14.9 Å². The first-order valence-electron chi connectivity index (χ1n) is 7.46. The van der Waals surface area contributed by atoms with Crippen LogP contribution in [0.3, 0.4) is 0 Å². The molecule has 5 heteroatoms. The van der Waals surface area contributed by atoms with Crippen molar-refractivity contribution >= 4 is 11.6 Å². The van der Waals surface area contributed by atoms with Crippen molar-refractivity contribution < 1.29 is 4.74 Å². The van der Waals surface area contributed by atoms with Gasteiger partial charge in [-0.2, -0.15) is 0 Å². The zero-order valence-corrected chi connectivity index (χ0v) is 12.6. The number of aromatic nitrogens is 2. The highest BCUT2D eigenvalue weighted by Gasteiger charge is 2.20. The summed E-state index contributed by atoms with van der Waals surface area (Å²) in [5.74, 6) is 1.01. The number of benzene rings is 1. The van der Waals surface area contributed by atoms with Crippen molar-refractivity contribution in [1.29, 1.82) is 0 Å². The monoisotopic (exact) mass is 303 g/mol. The first-order chi connectivity index (χ1) is 10.3. The number of hydrogen-bond acceptors (Lipinski definition) is 3. The van der Waals surface area contributed by atoms with Gasteiger partial charge < -0.3 is 14.6 Å². The lowest BCUT2D eigenvalue weighted by Gasteiger charge is -2.09. The minimum Gasteiger partial charge on any atom is -0.493 e. The largest absolute Gasteiger partial charge is 0.493 e. The predicted octanol–water partition coefficient (Wildman–Crippen LogP) is 2.77. The number of nitrogens with one attached hydrogen (secondary N) is 1. The quantitative estimate of drug-likeness (QED) is 0.923. The normalized spacial score (nSPS) is 16.8. The average molecular weight is 304 g/mol. The molecular formula is C16H18ClN3O. The second-order valence-corrected chi connectivity index (χ2v) is 6.28. The van der Waals surface area contributed by atoms with Crippen molar-refractivity contribution in [3.8, 4) is 5.75 Å². The molecule has 2 aliphatic rings. The number of ether oxygens (including phenoxy) is 1. The summed E-state index contributed by atoms with van der Waals surface area (Å²) in [6, 6.07) is 4.71. The fourth-order valence-electron chi connectivity index (χ4n) is 2.78. The van der Waals surface area contributed by atoms with Gasteiger partial charge in [-0.1, -0.05) is 11.6 Å². The number of fused-ring (bicyclic) bond motifs is 1. The lowest BCUT2D eigenvalue weighted by Crippen LogP contribution is -2.15. The maximum absolute atomic E-state index is 6.20. The van der Waals surface area contributed by atoms with Crippen LogP contribution >= 0.6 is 11.6 Å². The first kappa shape index (κ1) is 13.2. The highest BCUT2D eigenvalue weighted by atomic mass is 35.5. The van der Waals surface area contributed by atoms with Crippen LogP contribution in [0.15, 0.2) is 24.7 Å². The van der Waals surface area contributed by atoms with Crippen LogP contribution in [0.25, 0.3) is 0 Å². The zero-order valence-electron chi connectivity index (χ0n) is 11.8. The summed E-state index contributed by atoms with van der Waals surface area (Å²) >= 11 is 6.20. The summed E-state index contributed by atoms with van der Waals surface area (Å²) in [4.78, 5) is 4.45. The molecule has 0 atom stereocenters. The summed E-state index contributed by atoms with van der Waals surface area (Å²) in [6.45, 7) is 2.35. The number of hydrogen-bond donors (Lipinski definition) is 1. The van der Waals surface area contributed by atoms with Crippen LogP contribution in [0.5, 0.6) is 5.75 Å². The summed E-state index contributed by atoms with van der Waals surface area (Å²) in [5.41, 5.74) is 3.43. The van der Waals surface area contributed by atoms with Gasteiger partial charge in [0.25, 0.3) is 0 Å². The van der Waals surface area contributed by atoms with Crippen LogP contribution in [0.4, 0.5) is 0 Å². The summed E-state index contributed by atoms with van der Waals surface area (Å²) in [5, 5.41) is 4.26. The average Bonchev–Trinajstić information content (AvgIpc) is 2.98. The highest BCUT2D eigenvalue weighted by molar-refractivity contribution is 6.30. The van der Waals surface area contributed by atoms with Gasteiger partial charge >= 0.3 is 0 Å². The Bertz CT molecular complexity index is 664. The van der Waals surface area contributed by atoms with E-state index in [1.54, 1.807) is 0 Å². The molecule has 2 heterocycles. The van der Waals surface area contributed by atoms with Gasteiger partial charge in [0.1, 0.15) is 5.75 Å². The second kappa shape index (κ2) is 5.35. The Morgan fingerprint density at radius 3 is 3.14 bits per heavy atom. The maximum Gasteiger partial charge on any atom is 0.127 e. The molecule has 1 aliphatic carbocycles. The fraction of sp³-hybridized carbons (Fsp3) is 0.438. The summed E-state index contributed by atoms with van der Waals surface area (Å²) in [6.07, 6.45) is 7.52. The number of rotatable bonds is 5. The van der Waals surface area contributed by atoms with E-state index in [2.05, 4.69) is 21.1 Å². The molecule has 110 valence electrons. The molecule has 1 aromatic heterocycles. The molecule has 0 bridgehead atoms. The van der Waals surface area contributed by atoms with E-state index < -0.39 is 0 Å². The number of imidazole rings is 1. The Hall–Kier alpha value is -1.52. The molecule has 0 radical (unpaired) electrons. The van der Waals surface area contributed by atoms with E-state index >= 15 is 0 Å². The highest BCUT2D eigenvalue weighted by Crippen LogP contribution is 2.33. The third-order valence-electron chi connectivity index (χ3n) is 4.01. The van der Waals surface area contributed by atoms with Crippen LogP contribution in [0.2, 0.25) is 5.02 Å². The van der Waals surface area contributed by atoms with Gasteiger partial charge in [0.15, 0.2) is 0 Å². The van der Waals surface area contributed by atoms with Crippen LogP contribution in [0, 0.1) is 0 Å². The summed E-state index contributed by atoms with van der Waals surface area (Å²) < 4.78 is 7.84. The third-order valence-corrected chi connectivity index (χ3v) is 4.23. The Balaban J connectivity index is 1.50. The summed E-state index contributed by atoms with van der Waals surface area (Å²) in [7, 11) is 0. The van der Waals surface area contributed by atoms with Gasteiger partial charge in [0, 0.05) is 35.8 Å². The van der Waals surface area contributed by atoms with E-state index in [-0.39, 0.29) is 0 Å². The predicted molar refractivity (Wildman–Crippen MR) is 81.8 cm³/mol. The topological polar surface area (TPSA) is 39.1 Å². The molecule has 1 aromatic carbocycles. The van der Waals surface area contributed by atoms with Crippen LogP contribution < -0.4 is 10.1 Å². The minimum absolute atomic E-state index is 0.708. The molecule has 1 saturated carbocycles. The van der Waals surface area contributed by atoms with Crippen molar-refractivity contribution in [2.75, 3.05) is 6.61 Å². The molecular weight excluding hydrogens is 286 g/mol. The van der Waals surface area contributed by atoms with Crippen LogP contribution in [-0.4, -0.2) is 22.2 Å². The van der Waals surface area contributed by atoms with E-state index in [1.807, 2.05) is 18.5 Å². The van der Waals surface area contributed by atoms with Gasteiger partial charge in [-0.3, -0.25) is 0 Å². The van der Waals surface area contributed by atoms with Crippen molar-refractivity contribution in [3.05, 3.63) is 46.5 Å². The van der Waals surface area contributed by atoms with Gasteiger partial charge in [0.2, 0.25) is 0 Å². The van der Waals surface area contributed by atoms with Crippen LogP contribution in [-0.2, 0) is 19.5 Å². The Morgan fingerprint density at radius 1 is 1.38 bits per heavy atom. The maximum atomic E-state index is 6.20. The molecule has 0 saturated heterocycles. The standard InChI is InChI=1S/C16H18ClN3O/c17-13-5-11-3-4-21-16(11)12(6-13)8-20-9-15(19-10-20)7-18-14-1-2-14/h5-6,9-10,14,18H,1-4,7-8H2. The minimum atomic E-state index is 0.708. The van der Waals surface area contributed by atoms with Crippen molar-refractivity contribution in [2.45, 2.75) is 38.4 Å². The molecule has 4 rings (SSSR count). The number of nitrogens with zero attached hydrogens (tertiary/aromatic N) is 2. The lowest BCUT2D eigenvalue weighted by atomic mass is 10.1. The SMILES string of the molecule is Clc1cc2c(c(Cn3cnc(CNC4CC4)c3)c1)OCC2. The fourth-order valence-corrected chi connectivity index (χ4v) is 3.04. The van der Waals surface area contributed by atoms with E-state index in [9.17, 15) is 0 Å². The van der Waals surface area contributed by atoms with E-state index in [1.165, 1.54) is 18.4 Å². The first-order valence-corrected chi connectivity index (χ1v) is 7.84. The molecule has 2 aromatic rings. The van der Waals surface area contributed by atoms with E-state index in [0.29, 0.717) is 6.04 Å². The Kier molecular flexibility index (Phi) is 3.36. The van der Waals surface area contributed by atoms with Gasteiger partial charge in [-0.15, -0.1) is 0 Å². The molecule has 0 amide bonds. The molecule has 0 spiro atoms. The molecule has 1 N–H and O–H groups in total. The number of halogens is 1. The van der Waals surface area contributed by atoms with Gasteiger partial charge in [-0.25, -0.2) is 4.98 Å². The van der Waals surface area contributed by atoms with Gasteiger partial charge in [0.05, 0.1) is 25.2 Å². The molecule has 1 fully saturated rings. The molecule has 21 heavy (non-hydrogen) atoms.